The van der Waals surface area contributed by atoms with Crippen LogP contribution >= 0.6 is 11.6 Å². The lowest BCUT2D eigenvalue weighted by Crippen LogP contribution is -2.12. The summed E-state index contributed by atoms with van der Waals surface area (Å²) in [4.78, 5) is 0. The molecule has 1 N–H and O–H groups in total. The van der Waals surface area contributed by atoms with Crippen LogP contribution in [0.4, 0.5) is 5.69 Å². The van der Waals surface area contributed by atoms with Gasteiger partial charge in [0.1, 0.15) is 6.04 Å². The number of rotatable bonds is 2. The van der Waals surface area contributed by atoms with E-state index in [0.717, 1.165) is 11.3 Å². The molecule has 2 nitrogen and oxygen atoms in total. The number of anilines is 1. The molecule has 0 spiro atoms. The van der Waals surface area contributed by atoms with E-state index in [2.05, 4.69) is 11.4 Å². The summed E-state index contributed by atoms with van der Waals surface area (Å²) in [7, 11) is 0. The maximum absolute atomic E-state index is 8.60. The largest absolute Gasteiger partial charge is 0.370 e. The predicted octanol–water partition coefficient (Wildman–Crippen LogP) is 2.97. The highest BCUT2D eigenvalue weighted by atomic mass is 35.5. The molecule has 0 aliphatic heterocycles. The molecule has 0 saturated carbocycles. The summed E-state index contributed by atoms with van der Waals surface area (Å²) in [6.07, 6.45) is 0. The van der Waals surface area contributed by atoms with Crippen LogP contribution in [0.25, 0.3) is 0 Å². The van der Waals surface area contributed by atoms with Gasteiger partial charge >= 0.3 is 0 Å². The Kier molecular flexibility index (Phi) is 3.16. The number of halogens is 1. The Morgan fingerprint density at radius 2 is 2.23 bits per heavy atom. The van der Waals surface area contributed by atoms with Crippen LogP contribution in [0.1, 0.15) is 12.5 Å². The number of nitrogens with zero attached hydrogens (tertiary/aromatic N) is 1. The summed E-state index contributed by atoms with van der Waals surface area (Å²) in [6, 6.07) is 7.49. The fourth-order valence-corrected chi connectivity index (χ4v) is 1.28. The van der Waals surface area contributed by atoms with Gasteiger partial charge in [0.15, 0.2) is 0 Å². The molecule has 0 amide bonds. The molecular formula is C10H11ClN2. The molecule has 0 aliphatic carbocycles. The Morgan fingerprint density at radius 3 is 2.77 bits per heavy atom. The monoisotopic (exact) mass is 194 g/mol. The van der Waals surface area contributed by atoms with Crippen molar-refractivity contribution in [3.63, 3.8) is 0 Å². The normalized spacial score (nSPS) is 11.8. The molecule has 1 aromatic carbocycles. The van der Waals surface area contributed by atoms with Gasteiger partial charge in [0.25, 0.3) is 0 Å². The average molecular weight is 195 g/mol. The van der Waals surface area contributed by atoms with Crippen LogP contribution in [0.3, 0.4) is 0 Å². The van der Waals surface area contributed by atoms with E-state index in [4.69, 9.17) is 16.9 Å². The van der Waals surface area contributed by atoms with Crippen LogP contribution in [-0.4, -0.2) is 6.04 Å². The fourth-order valence-electron chi connectivity index (χ4n) is 1.05. The van der Waals surface area contributed by atoms with E-state index >= 15 is 0 Å². The van der Waals surface area contributed by atoms with E-state index in [-0.39, 0.29) is 6.04 Å². The molecule has 1 rings (SSSR count). The van der Waals surface area contributed by atoms with Gasteiger partial charge in [0, 0.05) is 10.7 Å². The van der Waals surface area contributed by atoms with Crippen molar-refractivity contribution in [1.82, 2.24) is 0 Å². The van der Waals surface area contributed by atoms with Crippen molar-refractivity contribution in [3.05, 3.63) is 28.8 Å². The molecule has 68 valence electrons. The van der Waals surface area contributed by atoms with E-state index in [0.29, 0.717) is 5.02 Å². The van der Waals surface area contributed by atoms with Gasteiger partial charge in [0.2, 0.25) is 0 Å². The number of hydrogen-bond donors (Lipinski definition) is 1. The van der Waals surface area contributed by atoms with E-state index in [1.807, 2.05) is 26.0 Å². The Hall–Kier alpha value is -1.20. The molecular weight excluding hydrogens is 184 g/mol. The van der Waals surface area contributed by atoms with Crippen molar-refractivity contribution >= 4 is 17.3 Å². The second kappa shape index (κ2) is 4.15. The number of nitrogens with one attached hydrogen (secondary N) is 1. The quantitative estimate of drug-likeness (QED) is 0.786. The minimum Gasteiger partial charge on any atom is -0.370 e. The zero-order valence-corrected chi connectivity index (χ0v) is 8.39. The zero-order chi connectivity index (χ0) is 9.84. The second-order valence-corrected chi connectivity index (χ2v) is 3.39. The number of hydrogen-bond acceptors (Lipinski definition) is 2. The third kappa shape index (κ3) is 2.64. The molecule has 1 unspecified atom stereocenters. The number of aryl methyl sites for hydroxylation is 1. The topological polar surface area (TPSA) is 35.8 Å². The van der Waals surface area contributed by atoms with Gasteiger partial charge < -0.3 is 5.32 Å². The van der Waals surface area contributed by atoms with Crippen LogP contribution < -0.4 is 5.32 Å². The first kappa shape index (κ1) is 9.88. The van der Waals surface area contributed by atoms with Crippen molar-refractivity contribution in [3.8, 4) is 6.07 Å². The lowest BCUT2D eigenvalue weighted by molar-refractivity contribution is 1.01. The van der Waals surface area contributed by atoms with Crippen molar-refractivity contribution in [2.45, 2.75) is 19.9 Å². The summed E-state index contributed by atoms with van der Waals surface area (Å²) < 4.78 is 0. The molecule has 13 heavy (non-hydrogen) atoms. The van der Waals surface area contributed by atoms with Crippen molar-refractivity contribution in [2.24, 2.45) is 0 Å². The molecule has 0 radical (unpaired) electrons. The average Bonchev–Trinajstić information content (AvgIpc) is 2.09. The van der Waals surface area contributed by atoms with Crippen LogP contribution in [0.2, 0.25) is 5.02 Å². The van der Waals surface area contributed by atoms with Crippen molar-refractivity contribution in [2.75, 3.05) is 5.32 Å². The van der Waals surface area contributed by atoms with Gasteiger partial charge in [-0.05, 0) is 37.6 Å². The van der Waals surface area contributed by atoms with Crippen LogP contribution in [0, 0.1) is 18.3 Å². The summed E-state index contributed by atoms with van der Waals surface area (Å²) in [5, 5.41) is 12.4. The molecule has 0 aromatic heterocycles. The van der Waals surface area contributed by atoms with Crippen LogP contribution in [0.15, 0.2) is 18.2 Å². The highest BCUT2D eigenvalue weighted by Crippen LogP contribution is 2.19. The first-order valence-electron chi connectivity index (χ1n) is 4.06. The highest BCUT2D eigenvalue weighted by Gasteiger charge is 2.02. The molecule has 0 heterocycles. The smallest absolute Gasteiger partial charge is 0.111 e. The first-order valence-corrected chi connectivity index (χ1v) is 4.43. The van der Waals surface area contributed by atoms with E-state index < -0.39 is 0 Å². The van der Waals surface area contributed by atoms with Gasteiger partial charge in [-0.15, -0.1) is 0 Å². The van der Waals surface area contributed by atoms with Gasteiger partial charge in [-0.25, -0.2) is 0 Å². The van der Waals surface area contributed by atoms with Gasteiger partial charge in [-0.3, -0.25) is 0 Å². The fraction of sp³-hybridized carbons (Fsp3) is 0.300. The standard InChI is InChI=1S/C10H11ClN2/c1-7-5-9(11)3-4-10(7)13-8(2)6-12/h3-5,8,13H,1-2H3. The maximum Gasteiger partial charge on any atom is 0.111 e. The molecule has 3 heteroatoms. The predicted molar refractivity (Wildman–Crippen MR) is 54.9 cm³/mol. The van der Waals surface area contributed by atoms with Crippen molar-refractivity contribution < 1.29 is 0 Å². The maximum atomic E-state index is 8.60. The third-order valence-corrected chi connectivity index (χ3v) is 1.99. The van der Waals surface area contributed by atoms with Gasteiger partial charge in [-0.2, -0.15) is 5.26 Å². The zero-order valence-electron chi connectivity index (χ0n) is 7.63. The Morgan fingerprint density at radius 1 is 1.54 bits per heavy atom. The SMILES string of the molecule is Cc1cc(Cl)ccc1NC(C)C#N. The Bertz CT molecular complexity index is 341. The Labute approximate surface area is 83.1 Å². The first-order chi connectivity index (χ1) is 6.13. The second-order valence-electron chi connectivity index (χ2n) is 2.95. The minimum absolute atomic E-state index is 0.181. The van der Waals surface area contributed by atoms with Crippen LogP contribution in [-0.2, 0) is 0 Å². The van der Waals surface area contributed by atoms with E-state index in [9.17, 15) is 0 Å². The summed E-state index contributed by atoms with van der Waals surface area (Å²) in [5.41, 5.74) is 2.01. The molecule has 0 aliphatic rings. The summed E-state index contributed by atoms with van der Waals surface area (Å²) in [6.45, 7) is 3.77. The minimum atomic E-state index is -0.181. The summed E-state index contributed by atoms with van der Waals surface area (Å²) >= 11 is 5.79. The lowest BCUT2D eigenvalue weighted by Gasteiger charge is -2.10. The number of benzene rings is 1. The van der Waals surface area contributed by atoms with E-state index in [1.54, 1.807) is 6.07 Å². The molecule has 0 fully saturated rings. The number of nitriles is 1. The molecule has 0 saturated heterocycles. The van der Waals surface area contributed by atoms with Gasteiger partial charge in [0.05, 0.1) is 6.07 Å². The lowest BCUT2D eigenvalue weighted by atomic mass is 10.2. The summed E-state index contributed by atoms with van der Waals surface area (Å²) in [5.74, 6) is 0. The van der Waals surface area contributed by atoms with E-state index in [1.165, 1.54) is 0 Å². The highest BCUT2D eigenvalue weighted by molar-refractivity contribution is 6.30. The molecule has 1 atom stereocenters. The molecule has 1 aromatic rings. The Balaban J connectivity index is 2.85. The van der Waals surface area contributed by atoms with Crippen LogP contribution in [0.5, 0.6) is 0 Å². The van der Waals surface area contributed by atoms with Crippen molar-refractivity contribution in [1.29, 1.82) is 5.26 Å². The molecule has 0 bridgehead atoms. The van der Waals surface area contributed by atoms with Gasteiger partial charge in [-0.1, -0.05) is 11.6 Å². The third-order valence-electron chi connectivity index (χ3n) is 1.75.